The minimum absolute atomic E-state index is 0.122. The summed E-state index contributed by atoms with van der Waals surface area (Å²) in [5.74, 6) is 0.304. The van der Waals surface area contributed by atoms with E-state index in [0.29, 0.717) is 18.2 Å². The van der Waals surface area contributed by atoms with Crippen LogP contribution < -0.4 is 11.1 Å². The zero-order valence-corrected chi connectivity index (χ0v) is 11.3. The zero-order valence-electron chi connectivity index (χ0n) is 10.5. The molecule has 3 N–H and O–H groups in total. The first-order valence-electron chi connectivity index (χ1n) is 6.23. The topological polar surface area (TPSA) is 77.2 Å². The van der Waals surface area contributed by atoms with Crippen LogP contribution in [0.5, 0.6) is 0 Å². The molecule has 0 radical (unpaired) electrons. The Labute approximate surface area is 111 Å². The van der Waals surface area contributed by atoms with Crippen molar-refractivity contribution in [3.05, 3.63) is 16.1 Å². The van der Waals surface area contributed by atoms with Crippen molar-refractivity contribution in [3.8, 4) is 0 Å². The average Bonchev–Trinajstić information content (AvgIpc) is 2.87. The van der Waals surface area contributed by atoms with Gasteiger partial charge >= 0.3 is 0 Å². The number of hydrogen-bond acceptors (Lipinski definition) is 5. The quantitative estimate of drug-likeness (QED) is 0.864. The lowest BCUT2D eigenvalue weighted by molar-refractivity contribution is 0.0536. The van der Waals surface area contributed by atoms with Gasteiger partial charge in [-0.05, 0) is 25.7 Å². The van der Waals surface area contributed by atoms with E-state index in [0.717, 1.165) is 31.1 Å². The summed E-state index contributed by atoms with van der Waals surface area (Å²) in [5.41, 5.74) is 6.18. The lowest BCUT2D eigenvalue weighted by atomic mass is 10.0. The first kappa shape index (κ1) is 13.5. The average molecular weight is 269 g/mol. The number of nitrogens with one attached hydrogen (secondary N) is 1. The monoisotopic (exact) mass is 269 g/mol. The van der Waals surface area contributed by atoms with E-state index in [2.05, 4.69) is 10.3 Å². The number of amides is 1. The van der Waals surface area contributed by atoms with E-state index < -0.39 is 0 Å². The maximum absolute atomic E-state index is 11.9. The Morgan fingerprint density at radius 3 is 3.22 bits per heavy atom. The molecule has 0 spiro atoms. The maximum Gasteiger partial charge on any atom is 0.270 e. The van der Waals surface area contributed by atoms with Crippen molar-refractivity contribution in [1.82, 2.24) is 10.3 Å². The fraction of sp³-hybridized carbons (Fsp3) is 0.667. The van der Waals surface area contributed by atoms with Crippen LogP contribution in [-0.2, 0) is 4.74 Å². The van der Waals surface area contributed by atoms with Gasteiger partial charge in [0.2, 0.25) is 0 Å². The first-order chi connectivity index (χ1) is 8.66. The van der Waals surface area contributed by atoms with Gasteiger partial charge in [0.1, 0.15) is 10.7 Å². The van der Waals surface area contributed by atoms with Crippen molar-refractivity contribution in [2.45, 2.75) is 25.8 Å². The predicted octanol–water partition coefficient (Wildman–Crippen LogP) is 1.32. The SMILES string of the molecule is CC(N)c1nc(C(=O)NCC2CCCOC2)cs1. The second-order valence-corrected chi connectivity index (χ2v) is 5.54. The molecule has 0 saturated carbocycles. The fourth-order valence-corrected chi connectivity index (χ4v) is 2.65. The van der Waals surface area contributed by atoms with Crippen LogP contribution in [0.2, 0.25) is 0 Å². The molecule has 2 heterocycles. The van der Waals surface area contributed by atoms with Crippen LogP contribution in [0, 0.1) is 5.92 Å². The molecule has 0 aromatic carbocycles. The number of nitrogens with two attached hydrogens (primary N) is 1. The van der Waals surface area contributed by atoms with Gasteiger partial charge in [-0.2, -0.15) is 0 Å². The molecule has 1 aliphatic heterocycles. The van der Waals surface area contributed by atoms with E-state index in [1.807, 2.05) is 6.92 Å². The van der Waals surface area contributed by atoms with Gasteiger partial charge in [-0.1, -0.05) is 0 Å². The second kappa shape index (κ2) is 6.26. The van der Waals surface area contributed by atoms with Crippen LogP contribution in [0.25, 0.3) is 0 Å². The number of rotatable bonds is 4. The Hall–Kier alpha value is -0.980. The smallest absolute Gasteiger partial charge is 0.270 e. The molecule has 100 valence electrons. The van der Waals surface area contributed by atoms with Gasteiger partial charge in [-0.3, -0.25) is 4.79 Å². The minimum Gasteiger partial charge on any atom is -0.381 e. The van der Waals surface area contributed by atoms with Crippen LogP contribution in [0.4, 0.5) is 0 Å². The van der Waals surface area contributed by atoms with Crippen LogP contribution in [-0.4, -0.2) is 30.6 Å². The van der Waals surface area contributed by atoms with Gasteiger partial charge in [-0.25, -0.2) is 4.98 Å². The van der Waals surface area contributed by atoms with E-state index in [9.17, 15) is 4.79 Å². The summed E-state index contributed by atoms with van der Waals surface area (Å²) in [6.45, 7) is 4.10. The van der Waals surface area contributed by atoms with Crippen molar-refractivity contribution in [2.24, 2.45) is 11.7 Å². The van der Waals surface area contributed by atoms with Gasteiger partial charge in [0.15, 0.2) is 0 Å². The summed E-state index contributed by atoms with van der Waals surface area (Å²) in [7, 11) is 0. The predicted molar refractivity (Wildman–Crippen MR) is 70.6 cm³/mol. The number of carbonyl (C=O) groups is 1. The van der Waals surface area contributed by atoms with Crippen LogP contribution in [0.15, 0.2) is 5.38 Å². The van der Waals surface area contributed by atoms with E-state index >= 15 is 0 Å². The Balaban J connectivity index is 1.83. The highest BCUT2D eigenvalue weighted by Crippen LogP contribution is 2.16. The molecular formula is C12H19N3O2S. The molecule has 0 bridgehead atoms. The molecule has 1 aromatic rings. The van der Waals surface area contributed by atoms with E-state index in [-0.39, 0.29) is 11.9 Å². The number of thiazole rings is 1. The van der Waals surface area contributed by atoms with Crippen LogP contribution in [0.1, 0.15) is 41.3 Å². The number of aromatic nitrogens is 1. The van der Waals surface area contributed by atoms with Gasteiger partial charge < -0.3 is 15.8 Å². The highest BCUT2D eigenvalue weighted by atomic mass is 32.1. The van der Waals surface area contributed by atoms with Crippen molar-refractivity contribution in [2.75, 3.05) is 19.8 Å². The van der Waals surface area contributed by atoms with Crippen LogP contribution >= 0.6 is 11.3 Å². The molecule has 1 saturated heterocycles. The summed E-state index contributed by atoms with van der Waals surface area (Å²) in [6.07, 6.45) is 2.19. The largest absolute Gasteiger partial charge is 0.381 e. The highest BCUT2D eigenvalue weighted by molar-refractivity contribution is 7.09. The van der Waals surface area contributed by atoms with Gasteiger partial charge in [0.25, 0.3) is 5.91 Å². The maximum atomic E-state index is 11.9. The highest BCUT2D eigenvalue weighted by Gasteiger charge is 2.17. The third-order valence-electron chi connectivity index (χ3n) is 2.95. The van der Waals surface area contributed by atoms with Crippen molar-refractivity contribution < 1.29 is 9.53 Å². The van der Waals surface area contributed by atoms with Gasteiger partial charge in [0, 0.05) is 18.5 Å². The Morgan fingerprint density at radius 2 is 2.61 bits per heavy atom. The normalized spacial score (nSPS) is 21.6. The molecule has 1 amide bonds. The van der Waals surface area contributed by atoms with Crippen LogP contribution in [0.3, 0.4) is 0 Å². The standard InChI is InChI=1S/C12H19N3O2S/c1-8(13)12-15-10(7-18-12)11(16)14-5-9-3-2-4-17-6-9/h7-9H,2-6,13H2,1H3,(H,14,16). The first-order valence-corrected chi connectivity index (χ1v) is 7.11. The summed E-state index contributed by atoms with van der Waals surface area (Å²) in [6, 6.07) is -0.122. The molecule has 6 heteroatoms. The molecule has 1 aliphatic rings. The number of ether oxygens (including phenoxy) is 1. The number of hydrogen-bond donors (Lipinski definition) is 2. The van der Waals surface area contributed by atoms with Crippen molar-refractivity contribution >= 4 is 17.2 Å². The summed E-state index contributed by atoms with van der Waals surface area (Å²) < 4.78 is 5.37. The molecule has 2 atom stereocenters. The molecule has 18 heavy (non-hydrogen) atoms. The van der Waals surface area contributed by atoms with Gasteiger partial charge in [0.05, 0.1) is 12.6 Å². The summed E-state index contributed by atoms with van der Waals surface area (Å²) in [5, 5.41) is 5.45. The molecule has 5 nitrogen and oxygen atoms in total. The molecule has 1 aromatic heterocycles. The number of carbonyl (C=O) groups excluding carboxylic acids is 1. The molecular weight excluding hydrogens is 250 g/mol. The lowest BCUT2D eigenvalue weighted by Gasteiger charge is -2.21. The Morgan fingerprint density at radius 1 is 1.78 bits per heavy atom. The van der Waals surface area contributed by atoms with E-state index in [4.69, 9.17) is 10.5 Å². The lowest BCUT2D eigenvalue weighted by Crippen LogP contribution is -2.33. The Bertz CT molecular complexity index is 400. The van der Waals surface area contributed by atoms with Crippen molar-refractivity contribution in [3.63, 3.8) is 0 Å². The molecule has 2 rings (SSSR count). The van der Waals surface area contributed by atoms with E-state index in [1.54, 1.807) is 5.38 Å². The third kappa shape index (κ3) is 3.51. The van der Waals surface area contributed by atoms with Crippen molar-refractivity contribution in [1.29, 1.82) is 0 Å². The van der Waals surface area contributed by atoms with Gasteiger partial charge in [-0.15, -0.1) is 11.3 Å². The minimum atomic E-state index is -0.122. The second-order valence-electron chi connectivity index (χ2n) is 4.65. The molecule has 1 fully saturated rings. The zero-order chi connectivity index (χ0) is 13.0. The molecule has 0 aliphatic carbocycles. The number of nitrogens with zero attached hydrogens (tertiary/aromatic N) is 1. The fourth-order valence-electron chi connectivity index (χ4n) is 1.90. The Kier molecular flexibility index (Phi) is 4.68. The van der Waals surface area contributed by atoms with E-state index in [1.165, 1.54) is 11.3 Å². The molecule has 2 unspecified atom stereocenters. The summed E-state index contributed by atoms with van der Waals surface area (Å²) in [4.78, 5) is 16.1. The summed E-state index contributed by atoms with van der Waals surface area (Å²) >= 11 is 1.43. The third-order valence-corrected chi connectivity index (χ3v) is 4.00.